The quantitative estimate of drug-likeness (QED) is 0.408. The topological polar surface area (TPSA) is 91.2 Å². The van der Waals surface area contributed by atoms with E-state index in [2.05, 4.69) is 16.6 Å². The third kappa shape index (κ3) is 3.19. The van der Waals surface area contributed by atoms with Gasteiger partial charge in [0.05, 0.1) is 18.2 Å². The molecule has 0 spiro atoms. The molecule has 136 valence electrons. The number of rotatable bonds is 4. The molecule has 4 rings (SSSR count). The van der Waals surface area contributed by atoms with Gasteiger partial charge in [0.2, 0.25) is 5.76 Å². The Morgan fingerprint density at radius 1 is 1.46 bits per heavy atom. The molecule has 0 amide bonds. The summed E-state index contributed by atoms with van der Waals surface area (Å²) in [7, 11) is 1.33. The van der Waals surface area contributed by atoms with E-state index in [1.807, 2.05) is 0 Å². The molecule has 0 bridgehead atoms. The number of nitrogens with two attached hydrogens (primary N) is 1. The smallest absolute Gasteiger partial charge is 0.373 e. The summed E-state index contributed by atoms with van der Waals surface area (Å²) in [6.45, 7) is 2.29. The Balaban J connectivity index is 1.56. The number of anilines is 1. The molecule has 3 heterocycles. The van der Waals surface area contributed by atoms with Crippen LogP contribution < -0.4 is 5.73 Å². The minimum atomic E-state index is -0.485. The molecule has 1 aliphatic carbocycles. The standard InChI is InChI=1S/C18H19N3O3S2/c1-9-3-5-11-13(7-9)26-16-14(11)15(19)20-18(21-16)25-8-10-4-6-12(24-10)17(22)23-2/h4,6,9H,3,5,7-8H2,1-2H3,(H2,19,20,21). The molecule has 0 saturated carbocycles. The number of hydrogen-bond donors (Lipinski definition) is 1. The third-order valence-electron chi connectivity index (χ3n) is 4.55. The van der Waals surface area contributed by atoms with Crippen LogP contribution >= 0.6 is 23.1 Å². The predicted molar refractivity (Wildman–Crippen MR) is 103 cm³/mol. The predicted octanol–water partition coefficient (Wildman–Crippen LogP) is 4.07. The van der Waals surface area contributed by atoms with Crippen molar-refractivity contribution in [2.75, 3.05) is 12.8 Å². The lowest BCUT2D eigenvalue weighted by atomic mass is 9.89. The SMILES string of the molecule is COC(=O)c1ccc(CSc2nc(N)c3c4c(sc3n2)CC(C)CC4)o1. The molecule has 26 heavy (non-hydrogen) atoms. The van der Waals surface area contributed by atoms with E-state index in [0.29, 0.717) is 28.4 Å². The summed E-state index contributed by atoms with van der Waals surface area (Å²) in [5.74, 6) is 2.16. The molecule has 0 aromatic carbocycles. The van der Waals surface area contributed by atoms with E-state index < -0.39 is 5.97 Å². The number of esters is 1. The number of nitrogens with zero attached hydrogens (tertiary/aromatic N) is 2. The third-order valence-corrected chi connectivity index (χ3v) is 6.57. The minimum Gasteiger partial charge on any atom is -0.463 e. The van der Waals surface area contributed by atoms with E-state index in [-0.39, 0.29) is 5.76 Å². The zero-order valence-electron chi connectivity index (χ0n) is 14.6. The van der Waals surface area contributed by atoms with Crippen molar-refractivity contribution >= 4 is 45.1 Å². The molecular formula is C18H19N3O3S2. The summed E-state index contributed by atoms with van der Waals surface area (Å²) in [6.07, 6.45) is 3.34. The van der Waals surface area contributed by atoms with Crippen LogP contribution in [0.2, 0.25) is 0 Å². The second-order valence-corrected chi connectivity index (χ2v) is 8.50. The Morgan fingerprint density at radius 3 is 3.12 bits per heavy atom. The van der Waals surface area contributed by atoms with Gasteiger partial charge in [-0.25, -0.2) is 14.8 Å². The van der Waals surface area contributed by atoms with Crippen LogP contribution in [0.4, 0.5) is 5.82 Å². The second-order valence-electron chi connectivity index (χ2n) is 6.47. The van der Waals surface area contributed by atoms with E-state index >= 15 is 0 Å². The van der Waals surface area contributed by atoms with E-state index in [0.717, 1.165) is 23.1 Å². The van der Waals surface area contributed by atoms with Crippen molar-refractivity contribution in [1.29, 1.82) is 0 Å². The number of thiophene rings is 1. The van der Waals surface area contributed by atoms with E-state index in [1.165, 1.54) is 35.7 Å². The maximum absolute atomic E-state index is 11.4. The molecular weight excluding hydrogens is 370 g/mol. The van der Waals surface area contributed by atoms with Crippen LogP contribution in [-0.4, -0.2) is 23.0 Å². The summed E-state index contributed by atoms with van der Waals surface area (Å²) in [5, 5.41) is 1.66. The first-order chi connectivity index (χ1) is 12.5. The molecule has 0 radical (unpaired) electrons. The highest BCUT2D eigenvalue weighted by Gasteiger charge is 2.23. The fourth-order valence-electron chi connectivity index (χ4n) is 3.22. The lowest BCUT2D eigenvalue weighted by Crippen LogP contribution is -2.09. The number of aryl methyl sites for hydroxylation is 1. The summed E-state index contributed by atoms with van der Waals surface area (Å²) < 4.78 is 10.1. The Morgan fingerprint density at radius 2 is 2.31 bits per heavy atom. The van der Waals surface area contributed by atoms with Gasteiger partial charge in [0.25, 0.3) is 0 Å². The van der Waals surface area contributed by atoms with Gasteiger partial charge in [-0.05, 0) is 42.9 Å². The number of aromatic nitrogens is 2. The molecule has 3 aromatic heterocycles. The Hall–Kier alpha value is -2.06. The van der Waals surface area contributed by atoms with Gasteiger partial charge in [0.1, 0.15) is 16.4 Å². The highest BCUT2D eigenvalue weighted by Crippen LogP contribution is 2.40. The first kappa shape index (κ1) is 17.4. The van der Waals surface area contributed by atoms with Crippen molar-refractivity contribution < 1.29 is 13.9 Å². The number of fused-ring (bicyclic) bond motifs is 3. The average molecular weight is 390 g/mol. The van der Waals surface area contributed by atoms with Crippen LogP contribution in [0.25, 0.3) is 10.2 Å². The maximum Gasteiger partial charge on any atom is 0.373 e. The molecule has 2 N–H and O–H groups in total. The number of hydrogen-bond acceptors (Lipinski definition) is 8. The van der Waals surface area contributed by atoms with Crippen LogP contribution in [0, 0.1) is 5.92 Å². The van der Waals surface area contributed by atoms with Gasteiger partial charge in [0.15, 0.2) is 5.16 Å². The molecule has 0 fully saturated rings. The Bertz CT molecular complexity index is 980. The van der Waals surface area contributed by atoms with Crippen molar-refractivity contribution in [2.24, 2.45) is 5.92 Å². The Kier molecular flexibility index (Phi) is 4.62. The summed E-state index contributed by atoms with van der Waals surface area (Å²) in [6, 6.07) is 3.36. The van der Waals surface area contributed by atoms with Gasteiger partial charge < -0.3 is 14.9 Å². The summed E-state index contributed by atoms with van der Waals surface area (Å²) in [4.78, 5) is 23.0. The lowest BCUT2D eigenvalue weighted by Gasteiger charge is -2.17. The van der Waals surface area contributed by atoms with Crippen molar-refractivity contribution in [2.45, 2.75) is 37.1 Å². The van der Waals surface area contributed by atoms with Gasteiger partial charge in [-0.2, -0.15) is 0 Å². The van der Waals surface area contributed by atoms with Crippen LogP contribution in [0.3, 0.4) is 0 Å². The van der Waals surface area contributed by atoms with E-state index in [9.17, 15) is 4.79 Å². The number of methoxy groups -OCH3 is 1. The van der Waals surface area contributed by atoms with Crippen molar-refractivity contribution in [1.82, 2.24) is 9.97 Å². The molecule has 1 atom stereocenters. The second kappa shape index (κ2) is 6.92. The van der Waals surface area contributed by atoms with Crippen LogP contribution in [0.15, 0.2) is 21.7 Å². The molecule has 3 aromatic rings. The van der Waals surface area contributed by atoms with Gasteiger partial charge in [-0.1, -0.05) is 18.7 Å². The van der Waals surface area contributed by atoms with Crippen molar-refractivity contribution in [3.8, 4) is 0 Å². The number of carbonyl (C=O) groups excluding carboxylic acids is 1. The van der Waals surface area contributed by atoms with Gasteiger partial charge >= 0.3 is 5.97 Å². The molecule has 0 aliphatic heterocycles. The van der Waals surface area contributed by atoms with Crippen molar-refractivity contribution in [3.63, 3.8) is 0 Å². The molecule has 0 saturated heterocycles. The zero-order chi connectivity index (χ0) is 18.3. The maximum atomic E-state index is 11.4. The van der Waals surface area contributed by atoms with Gasteiger partial charge in [-0.15, -0.1) is 11.3 Å². The Labute approximate surface area is 159 Å². The zero-order valence-corrected chi connectivity index (χ0v) is 16.2. The number of carbonyl (C=O) groups is 1. The monoisotopic (exact) mass is 389 g/mol. The number of furan rings is 1. The molecule has 6 nitrogen and oxygen atoms in total. The van der Waals surface area contributed by atoms with E-state index in [4.69, 9.17) is 15.1 Å². The normalized spacial score (nSPS) is 16.6. The first-order valence-electron chi connectivity index (χ1n) is 8.42. The fraction of sp³-hybridized carbons (Fsp3) is 0.389. The highest BCUT2D eigenvalue weighted by atomic mass is 32.2. The molecule has 1 unspecified atom stereocenters. The van der Waals surface area contributed by atoms with Crippen LogP contribution in [0.1, 0.15) is 40.1 Å². The molecule has 1 aliphatic rings. The van der Waals surface area contributed by atoms with E-state index in [1.54, 1.807) is 23.5 Å². The fourth-order valence-corrected chi connectivity index (χ4v) is 5.41. The van der Waals surface area contributed by atoms with Gasteiger partial charge in [0, 0.05) is 4.88 Å². The number of nitrogen functional groups attached to an aromatic ring is 1. The van der Waals surface area contributed by atoms with Gasteiger partial charge in [-0.3, -0.25) is 0 Å². The van der Waals surface area contributed by atoms with Crippen molar-refractivity contribution in [3.05, 3.63) is 34.1 Å². The summed E-state index contributed by atoms with van der Waals surface area (Å²) >= 11 is 3.18. The minimum absolute atomic E-state index is 0.194. The van der Waals surface area contributed by atoms with Crippen LogP contribution in [-0.2, 0) is 23.3 Å². The number of thioether (sulfide) groups is 1. The van der Waals surface area contributed by atoms with Crippen LogP contribution in [0.5, 0.6) is 0 Å². The number of ether oxygens (including phenoxy) is 1. The largest absolute Gasteiger partial charge is 0.463 e. The summed E-state index contributed by atoms with van der Waals surface area (Å²) in [5.41, 5.74) is 7.59. The first-order valence-corrected chi connectivity index (χ1v) is 10.2. The highest BCUT2D eigenvalue weighted by molar-refractivity contribution is 7.98. The molecule has 8 heteroatoms. The lowest BCUT2D eigenvalue weighted by molar-refractivity contribution is 0.0563. The average Bonchev–Trinajstić information content (AvgIpc) is 3.23.